The quantitative estimate of drug-likeness (QED) is 0.909. The molecule has 6 heteroatoms. The van der Waals surface area contributed by atoms with Crippen LogP contribution in [0, 0.1) is 0 Å². The fraction of sp³-hybridized carbons (Fsp3) is 0.267. The zero-order valence-corrected chi connectivity index (χ0v) is 12.4. The zero-order valence-electron chi connectivity index (χ0n) is 11.6. The minimum absolute atomic E-state index is 0.0580. The summed E-state index contributed by atoms with van der Waals surface area (Å²) in [6.07, 6.45) is 3.42. The Balaban J connectivity index is 1.65. The summed E-state index contributed by atoms with van der Waals surface area (Å²) in [4.78, 5) is 23.9. The summed E-state index contributed by atoms with van der Waals surface area (Å²) in [5.74, 6) is 1.37. The molecule has 0 fully saturated rings. The first-order valence-electron chi connectivity index (χ1n) is 6.79. The molecule has 2 N–H and O–H groups in total. The van der Waals surface area contributed by atoms with Crippen molar-refractivity contribution >= 4 is 22.7 Å². The maximum Gasteiger partial charge on any atom is 0.246 e. The second-order valence-corrected chi connectivity index (χ2v) is 5.84. The van der Waals surface area contributed by atoms with Gasteiger partial charge in [-0.2, -0.15) is 0 Å². The van der Waals surface area contributed by atoms with E-state index in [1.54, 1.807) is 24.2 Å². The van der Waals surface area contributed by atoms with Gasteiger partial charge in [0.05, 0.1) is 11.1 Å². The fourth-order valence-electron chi connectivity index (χ4n) is 2.14. The highest BCUT2D eigenvalue weighted by atomic mass is 32.2. The van der Waals surface area contributed by atoms with Gasteiger partial charge in [-0.3, -0.25) is 9.79 Å². The zero-order chi connectivity index (χ0) is 14.7. The molecule has 1 aliphatic rings. The summed E-state index contributed by atoms with van der Waals surface area (Å²) in [5.41, 5.74) is 1.07. The van der Waals surface area contributed by atoms with E-state index in [0.29, 0.717) is 5.75 Å². The number of carbonyl (C=O) groups is 1. The molecule has 1 aliphatic heterocycles. The third kappa shape index (κ3) is 3.16. The predicted octanol–water partition coefficient (Wildman–Crippen LogP) is 2.15. The van der Waals surface area contributed by atoms with E-state index in [2.05, 4.69) is 20.3 Å². The molecule has 1 aromatic carbocycles. The van der Waals surface area contributed by atoms with E-state index in [0.717, 1.165) is 16.4 Å². The van der Waals surface area contributed by atoms with Crippen LogP contribution in [0.25, 0.3) is 0 Å². The lowest BCUT2D eigenvalue weighted by Gasteiger charge is -2.13. The molecule has 1 aromatic heterocycles. The van der Waals surface area contributed by atoms with Gasteiger partial charge in [0, 0.05) is 23.7 Å². The predicted molar refractivity (Wildman–Crippen MR) is 84.4 cm³/mol. The Bertz CT molecular complexity index is 639. The number of benzene rings is 1. The molecule has 1 amide bonds. The van der Waals surface area contributed by atoms with E-state index < -0.39 is 0 Å². The molecule has 5 nitrogen and oxygen atoms in total. The molecular formula is C15H16N4OS. The number of aromatic amines is 1. The number of imidazole rings is 1. The second-order valence-electron chi connectivity index (χ2n) is 4.83. The number of aliphatic imine (C=N–C) groups is 1. The monoisotopic (exact) mass is 300 g/mol. The van der Waals surface area contributed by atoms with E-state index in [9.17, 15) is 4.79 Å². The van der Waals surface area contributed by atoms with Crippen molar-refractivity contribution in [3.8, 4) is 0 Å². The average molecular weight is 300 g/mol. The molecule has 21 heavy (non-hydrogen) atoms. The molecule has 108 valence electrons. The SMILES string of the molecule is CC(NC(=O)C1CSC(c2ccccc2)=N1)c1ncc[nH]1. The maximum atomic E-state index is 12.3. The molecule has 0 aliphatic carbocycles. The van der Waals surface area contributed by atoms with Gasteiger partial charge in [-0.05, 0) is 6.92 Å². The summed E-state index contributed by atoms with van der Waals surface area (Å²) < 4.78 is 0. The van der Waals surface area contributed by atoms with Gasteiger partial charge in [0.15, 0.2) is 0 Å². The van der Waals surface area contributed by atoms with Gasteiger partial charge in [0.25, 0.3) is 0 Å². The van der Waals surface area contributed by atoms with Crippen LogP contribution in [-0.4, -0.2) is 32.7 Å². The molecule has 0 saturated heterocycles. The van der Waals surface area contributed by atoms with Gasteiger partial charge in [0.2, 0.25) is 5.91 Å². The van der Waals surface area contributed by atoms with E-state index in [-0.39, 0.29) is 18.0 Å². The highest BCUT2D eigenvalue weighted by Gasteiger charge is 2.27. The molecule has 2 atom stereocenters. The standard InChI is InChI=1S/C15H16N4OS/c1-10(13-16-7-8-17-13)18-14(20)12-9-21-15(19-12)11-5-3-2-4-6-11/h2-8,10,12H,9H2,1H3,(H,16,17)(H,18,20). The van der Waals surface area contributed by atoms with Crippen LogP contribution >= 0.6 is 11.8 Å². The Morgan fingerprint density at radius 2 is 2.24 bits per heavy atom. The number of thioether (sulfide) groups is 1. The molecule has 3 rings (SSSR count). The maximum absolute atomic E-state index is 12.3. The molecule has 0 spiro atoms. The largest absolute Gasteiger partial charge is 0.347 e. The van der Waals surface area contributed by atoms with Crippen LogP contribution in [0.1, 0.15) is 24.4 Å². The Labute approximate surface area is 127 Å². The summed E-state index contributed by atoms with van der Waals surface area (Å²) in [6, 6.07) is 9.47. The van der Waals surface area contributed by atoms with Crippen LogP contribution in [0.5, 0.6) is 0 Å². The van der Waals surface area contributed by atoms with E-state index >= 15 is 0 Å². The molecule has 2 aromatic rings. The minimum atomic E-state index is -0.331. The van der Waals surface area contributed by atoms with Crippen LogP contribution in [0.3, 0.4) is 0 Å². The molecule has 2 unspecified atom stereocenters. The summed E-state index contributed by atoms with van der Waals surface area (Å²) in [5, 5.41) is 3.87. The first kappa shape index (κ1) is 13.9. The van der Waals surface area contributed by atoms with Gasteiger partial charge in [0.1, 0.15) is 11.9 Å². The summed E-state index contributed by atoms with van der Waals surface area (Å²) in [7, 11) is 0. The van der Waals surface area contributed by atoms with Gasteiger partial charge in [-0.25, -0.2) is 4.98 Å². The van der Waals surface area contributed by atoms with Crippen molar-refractivity contribution in [2.24, 2.45) is 4.99 Å². The Hall–Kier alpha value is -2.08. The number of hydrogen-bond donors (Lipinski definition) is 2. The average Bonchev–Trinajstić information content (AvgIpc) is 3.20. The van der Waals surface area contributed by atoms with Gasteiger partial charge >= 0.3 is 0 Å². The van der Waals surface area contributed by atoms with Crippen molar-refractivity contribution in [2.45, 2.75) is 19.0 Å². The van der Waals surface area contributed by atoms with Gasteiger partial charge in [-0.1, -0.05) is 30.3 Å². The molecule has 0 bridgehead atoms. The first-order chi connectivity index (χ1) is 10.2. The smallest absolute Gasteiger partial charge is 0.246 e. The molecule has 0 saturated carbocycles. The van der Waals surface area contributed by atoms with Crippen molar-refractivity contribution in [3.05, 3.63) is 54.1 Å². The number of hydrogen-bond acceptors (Lipinski definition) is 4. The molecule has 0 radical (unpaired) electrons. The fourth-order valence-corrected chi connectivity index (χ4v) is 3.19. The third-order valence-corrected chi connectivity index (χ3v) is 4.36. The van der Waals surface area contributed by atoms with Crippen molar-refractivity contribution in [1.82, 2.24) is 15.3 Å². The number of amides is 1. The van der Waals surface area contributed by atoms with Crippen molar-refractivity contribution < 1.29 is 4.79 Å². The first-order valence-corrected chi connectivity index (χ1v) is 7.78. The van der Waals surface area contributed by atoms with Crippen molar-refractivity contribution in [2.75, 3.05) is 5.75 Å². The number of H-pyrrole nitrogens is 1. The number of carbonyl (C=O) groups excluding carboxylic acids is 1. The van der Waals surface area contributed by atoms with E-state index in [1.165, 1.54) is 0 Å². The molecule has 2 heterocycles. The minimum Gasteiger partial charge on any atom is -0.347 e. The Morgan fingerprint density at radius 1 is 1.43 bits per heavy atom. The van der Waals surface area contributed by atoms with E-state index in [4.69, 9.17) is 0 Å². The summed E-state index contributed by atoms with van der Waals surface area (Å²) >= 11 is 1.62. The van der Waals surface area contributed by atoms with Crippen LogP contribution < -0.4 is 5.32 Å². The highest BCUT2D eigenvalue weighted by Crippen LogP contribution is 2.23. The number of nitrogens with zero attached hydrogens (tertiary/aromatic N) is 2. The highest BCUT2D eigenvalue weighted by molar-refractivity contribution is 8.14. The topological polar surface area (TPSA) is 70.1 Å². The van der Waals surface area contributed by atoms with Crippen LogP contribution in [0.2, 0.25) is 0 Å². The normalized spacial score (nSPS) is 19.1. The van der Waals surface area contributed by atoms with Crippen LogP contribution in [0.15, 0.2) is 47.7 Å². The number of rotatable bonds is 4. The lowest BCUT2D eigenvalue weighted by atomic mass is 10.2. The van der Waals surface area contributed by atoms with Crippen LogP contribution in [-0.2, 0) is 4.79 Å². The van der Waals surface area contributed by atoms with Gasteiger partial charge < -0.3 is 10.3 Å². The van der Waals surface area contributed by atoms with Gasteiger partial charge in [-0.15, -0.1) is 11.8 Å². The van der Waals surface area contributed by atoms with Crippen LogP contribution in [0.4, 0.5) is 0 Å². The number of aromatic nitrogens is 2. The second kappa shape index (κ2) is 6.13. The molecular weight excluding hydrogens is 284 g/mol. The Kier molecular flexibility index (Phi) is 4.06. The number of nitrogens with one attached hydrogen (secondary N) is 2. The lowest BCUT2D eigenvalue weighted by Crippen LogP contribution is -2.36. The third-order valence-electron chi connectivity index (χ3n) is 3.26. The lowest BCUT2D eigenvalue weighted by molar-refractivity contribution is -0.122. The van der Waals surface area contributed by atoms with Crippen molar-refractivity contribution in [1.29, 1.82) is 0 Å². The van der Waals surface area contributed by atoms with Crippen molar-refractivity contribution in [3.63, 3.8) is 0 Å². The summed E-state index contributed by atoms with van der Waals surface area (Å²) in [6.45, 7) is 1.90. The Morgan fingerprint density at radius 3 is 2.95 bits per heavy atom. The van der Waals surface area contributed by atoms with E-state index in [1.807, 2.05) is 37.3 Å².